The average Bonchev–Trinajstić information content (AvgIpc) is 2.28. The molecular formula is C11H23N3O5. The van der Waals surface area contributed by atoms with E-state index in [1.807, 2.05) is 0 Å². The van der Waals surface area contributed by atoms with E-state index in [2.05, 4.69) is 5.32 Å². The minimum Gasteiger partial charge on any atom is -0.481 e. The van der Waals surface area contributed by atoms with E-state index in [0.29, 0.717) is 19.4 Å². The number of rotatable bonds is 8. The van der Waals surface area contributed by atoms with Crippen LogP contribution in [-0.4, -0.2) is 47.2 Å². The number of carboxylic acid groups (broad SMARTS) is 2. The lowest BCUT2D eigenvalue weighted by atomic mass is 10.1. The highest BCUT2D eigenvalue weighted by Gasteiger charge is 2.16. The number of amides is 1. The lowest BCUT2D eigenvalue weighted by Gasteiger charge is -2.12. The summed E-state index contributed by atoms with van der Waals surface area (Å²) in [6.45, 7) is 2.08. The molecule has 7 N–H and O–H groups in total. The molecule has 0 fully saturated rings. The molecule has 0 aromatic heterocycles. The molecule has 1 unspecified atom stereocenters. The number of hydrogen-bond donors (Lipinski definition) is 5. The molecule has 0 saturated heterocycles. The van der Waals surface area contributed by atoms with Crippen LogP contribution in [0.25, 0.3) is 0 Å². The molecule has 0 rings (SSSR count). The molecule has 1 atom stereocenters. The largest absolute Gasteiger partial charge is 0.481 e. The van der Waals surface area contributed by atoms with Crippen LogP contribution in [0.4, 0.5) is 0 Å². The third-order valence-electron chi connectivity index (χ3n) is 1.98. The Labute approximate surface area is 112 Å². The van der Waals surface area contributed by atoms with Crippen molar-refractivity contribution in [2.24, 2.45) is 11.5 Å². The first-order valence-electron chi connectivity index (χ1n) is 5.97. The number of carbonyl (C=O) groups excluding carboxylic acids is 1. The monoisotopic (exact) mass is 277 g/mol. The van der Waals surface area contributed by atoms with E-state index in [9.17, 15) is 14.4 Å². The fraction of sp³-hybridized carbons (Fsp3) is 0.727. The summed E-state index contributed by atoms with van der Waals surface area (Å²) >= 11 is 0. The summed E-state index contributed by atoms with van der Waals surface area (Å²) in [5.41, 5.74) is 10.1. The zero-order chi connectivity index (χ0) is 15.3. The number of aliphatic carboxylic acids is 2. The number of nitrogens with two attached hydrogens (primary N) is 2. The Morgan fingerprint density at radius 3 is 1.95 bits per heavy atom. The molecular weight excluding hydrogens is 254 g/mol. The van der Waals surface area contributed by atoms with Crippen molar-refractivity contribution in [3.63, 3.8) is 0 Å². The summed E-state index contributed by atoms with van der Waals surface area (Å²) in [6.07, 6.45) is 2.00. The third-order valence-corrected chi connectivity index (χ3v) is 1.98. The number of carboxylic acids is 2. The van der Waals surface area contributed by atoms with Crippen LogP contribution in [0.3, 0.4) is 0 Å². The van der Waals surface area contributed by atoms with Crippen molar-refractivity contribution in [3.8, 4) is 0 Å². The summed E-state index contributed by atoms with van der Waals surface area (Å²) in [5, 5.41) is 18.9. The Balaban J connectivity index is 0. The van der Waals surface area contributed by atoms with Gasteiger partial charge >= 0.3 is 11.9 Å². The van der Waals surface area contributed by atoms with Crippen LogP contribution < -0.4 is 16.8 Å². The van der Waals surface area contributed by atoms with Gasteiger partial charge in [0.2, 0.25) is 5.91 Å². The van der Waals surface area contributed by atoms with Gasteiger partial charge in [-0.1, -0.05) is 0 Å². The second-order valence-corrected chi connectivity index (χ2v) is 3.81. The molecule has 0 saturated carbocycles. The number of hydrogen-bond acceptors (Lipinski definition) is 5. The molecule has 112 valence electrons. The van der Waals surface area contributed by atoms with Crippen molar-refractivity contribution < 1.29 is 24.6 Å². The topological polar surface area (TPSA) is 156 Å². The van der Waals surface area contributed by atoms with E-state index >= 15 is 0 Å². The Bertz CT molecular complexity index is 284. The van der Waals surface area contributed by atoms with Crippen molar-refractivity contribution in [2.75, 3.05) is 13.1 Å². The average molecular weight is 277 g/mol. The summed E-state index contributed by atoms with van der Waals surface area (Å²) in [4.78, 5) is 30.7. The maximum atomic E-state index is 10.6. The molecule has 0 aliphatic heterocycles. The number of unbranched alkanes of at least 4 members (excludes halogenated alkanes) is 1. The second kappa shape index (κ2) is 12.8. The first-order valence-corrected chi connectivity index (χ1v) is 5.97. The maximum Gasteiger partial charge on any atom is 0.326 e. The zero-order valence-electron chi connectivity index (χ0n) is 11.1. The Morgan fingerprint density at radius 1 is 1.11 bits per heavy atom. The van der Waals surface area contributed by atoms with Gasteiger partial charge in [0, 0.05) is 13.5 Å². The maximum absolute atomic E-state index is 10.6. The van der Waals surface area contributed by atoms with E-state index in [-0.39, 0.29) is 18.9 Å². The van der Waals surface area contributed by atoms with Crippen molar-refractivity contribution in [1.82, 2.24) is 5.32 Å². The number of carbonyl (C=O) groups is 3. The molecule has 0 spiro atoms. The highest BCUT2D eigenvalue weighted by atomic mass is 16.4. The molecule has 8 nitrogen and oxygen atoms in total. The molecule has 0 aliphatic rings. The van der Waals surface area contributed by atoms with E-state index in [1.54, 1.807) is 0 Å². The minimum atomic E-state index is -0.993. The van der Waals surface area contributed by atoms with E-state index in [4.69, 9.17) is 21.7 Å². The van der Waals surface area contributed by atoms with Gasteiger partial charge in [0.25, 0.3) is 0 Å². The predicted octanol–water partition coefficient (Wildman–Crippen LogP) is -0.875. The SMILES string of the molecule is CC(=O)NC(CCCCN)C(=O)O.NCCC(=O)O. The third kappa shape index (κ3) is 16.3. The summed E-state index contributed by atoms with van der Waals surface area (Å²) in [7, 11) is 0. The molecule has 19 heavy (non-hydrogen) atoms. The smallest absolute Gasteiger partial charge is 0.326 e. The van der Waals surface area contributed by atoms with Crippen molar-refractivity contribution >= 4 is 17.8 Å². The molecule has 0 radical (unpaired) electrons. The summed E-state index contributed by atoms with van der Waals surface area (Å²) in [5.74, 6) is -2.15. The normalized spacial score (nSPS) is 10.9. The zero-order valence-corrected chi connectivity index (χ0v) is 11.1. The van der Waals surface area contributed by atoms with Gasteiger partial charge < -0.3 is 27.0 Å². The highest BCUT2D eigenvalue weighted by molar-refractivity contribution is 5.81. The van der Waals surface area contributed by atoms with Crippen molar-refractivity contribution in [1.29, 1.82) is 0 Å². The van der Waals surface area contributed by atoms with E-state index < -0.39 is 18.0 Å². The summed E-state index contributed by atoms with van der Waals surface area (Å²) in [6, 6.07) is -0.774. The van der Waals surface area contributed by atoms with Crippen LogP contribution in [0.2, 0.25) is 0 Å². The van der Waals surface area contributed by atoms with Gasteiger partial charge in [0.05, 0.1) is 6.42 Å². The molecule has 0 aliphatic carbocycles. The lowest BCUT2D eigenvalue weighted by Crippen LogP contribution is -2.39. The molecule has 0 bridgehead atoms. The molecule has 0 heterocycles. The Kier molecular flexibility index (Phi) is 13.2. The first-order chi connectivity index (χ1) is 8.84. The first kappa shape index (κ1) is 19.7. The van der Waals surface area contributed by atoms with Gasteiger partial charge in [0.15, 0.2) is 0 Å². The van der Waals surface area contributed by atoms with Gasteiger partial charge in [-0.15, -0.1) is 0 Å². The molecule has 0 aromatic rings. The van der Waals surface area contributed by atoms with Crippen LogP contribution in [0.1, 0.15) is 32.6 Å². The van der Waals surface area contributed by atoms with Gasteiger partial charge in [-0.2, -0.15) is 0 Å². The Morgan fingerprint density at radius 2 is 1.68 bits per heavy atom. The van der Waals surface area contributed by atoms with Crippen LogP contribution in [-0.2, 0) is 14.4 Å². The van der Waals surface area contributed by atoms with Crippen molar-refractivity contribution in [3.05, 3.63) is 0 Å². The van der Waals surface area contributed by atoms with Crippen LogP contribution in [0, 0.1) is 0 Å². The second-order valence-electron chi connectivity index (χ2n) is 3.81. The van der Waals surface area contributed by atoms with Crippen LogP contribution in [0.15, 0.2) is 0 Å². The van der Waals surface area contributed by atoms with Gasteiger partial charge in [-0.05, 0) is 25.8 Å². The highest BCUT2D eigenvalue weighted by Crippen LogP contribution is 2.00. The van der Waals surface area contributed by atoms with E-state index in [1.165, 1.54) is 6.92 Å². The van der Waals surface area contributed by atoms with Crippen LogP contribution >= 0.6 is 0 Å². The standard InChI is InChI=1S/C8H16N2O3.C3H7NO2/c1-6(11)10-7(8(12)13)4-2-3-5-9;4-2-1-3(5)6/h7H,2-5,9H2,1H3,(H,10,11)(H,12,13);1-2,4H2,(H,5,6). The molecule has 1 amide bonds. The summed E-state index contributed by atoms with van der Waals surface area (Å²) < 4.78 is 0. The predicted molar refractivity (Wildman–Crippen MR) is 69.5 cm³/mol. The van der Waals surface area contributed by atoms with E-state index in [0.717, 1.165) is 6.42 Å². The fourth-order valence-corrected chi connectivity index (χ4v) is 1.12. The Hall–Kier alpha value is -1.67. The van der Waals surface area contributed by atoms with Crippen LogP contribution in [0.5, 0.6) is 0 Å². The van der Waals surface area contributed by atoms with Gasteiger partial charge in [-0.3, -0.25) is 9.59 Å². The van der Waals surface area contributed by atoms with Crippen molar-refractivity contribution in [2.45, 2.75) is 38.6 Å². The van der Waals surface area contributed by atoms with Gasteiger partial charge in [-0.25, -0.2) is 4.79 Å². The minimum absolute atomic E-state index is 0.0694. The fourth-order valence-electron chi connectivity index (χ4n) is 1.12. The lowest BCUT2D eigenvalue weighted by molar-refractivity contribution is -0.141. The molecule has 0 aromatic carbocycles. The number of nitrogens with one attached hydrogen (secondary N) is 1. The molecule has 8 heteroatoms. The quantitative estimate of drug-likeness (QED) is 0.361. The van der Waals surface area contributed by atoms with Gasteiger partial charge in [0.1, 0.15) is 6.04 Å².